The minimum absolute atomic E-state index is 0.00327. The number of imide groups is 1. The van der Waals surface area contributed by atoms with Gasteiger partial charge in [-0.05, 0) is 49.3 Å². The molecule has 3 amide bonds. The molecule has 5 nitrogen and oxygen atoms in total. The third-order valence-electron chi connectivity index (χ3n) is 6.57. The van der Waals surface area contributed by atoms with Crippen molar-refractivity contribution >= 4 is 78.5 Å². The first-order chi connectivity index (χ1) is 14.3. The molecule has 162 valence electrons. The van der Waals surface area contributed by atoms with E-state index in [1.165, 1.54) is 4.90 Å². The smallest absolute Gasteiger partial charge is 0.233 e. The third kappa shape index (κ3) is 4.07. The summed E-state index contributed by atoms with van der Waals surface area (Å²) >= 11 is 19.3. The van der Waals surface area contributed by atoms with E-state index in [2.05, 4.69) is 37.2 Å². The molecule has 2 bridgehead atoms. The van der Waals surface area contributed by atoms with Crippen LogP contribution in [0.3, 0.4) is 0 Å². The Labute approximate surface area is 202 Å². The quantitative estimate of drug-likeness (QED) is 0.271. The number of nitrogens with zero attached hydrogens (tertiary/aromatic N) is 1. The Morgan fingerprint density at radius 2 is 1.67 bits per heavy atom. The van der Waals surface area contributed by atoms with Crippen molar-refractivity contribution in [2.75, 3.05) is 11.9 Å². The molecule has 30 heavy (non-hydrogen) atoms. The predicted molar refractivity (Wildman–Crippen MR) is 124 cm³/mol. The summed E-state index contributed by atoms with van der Waals surface area (Å²) in [5.41, 5.74) is 0.538. The van der Waals surface area contributed by atoms with Gasteiger partial charge in [0.15, 0.2) is 0 Å². The summed E-state index contributed by atoms with van der Waals surface area (Å²) in [6, 6.07) is 4.93. The van der Waals surface area contributed by atoms with Crippen molar-refractivity contribution in [1.29, 1.82) is 0 Å². The fourth-order valence-corrected chi connectivity index (χ4v) is 7.50. The van der Waals surface area contributed by atoms with Gasteiger partial charge in [0, 0.05) is 27.6 Å². The molecule has 0 radical (unpaired) electrons. The van der Waals surface area contributed by atoms with Crippen LogP contribution < -0.4 is 5.32 Å². The molecular formula is C21H22Br2Cl2N2O3. The number of alkyl halides is 2. The normalized spacial score (nSPS) is 32.1. The zero-order valence-corrected chi connectivity index (χ0v) is 20.8. The van der Waals surface area contributed by atoms with Crippen LogP contribution in [0.1, 0.15) is 32.1 Å². The van der Waals surface area contributed by atoms with E-state index < -0.39 is 0 Å². The largest absolute Gasteiger partial charge is 0.325 e. The van der Waals surface area contributed by atoms with Crippen LogP contribution in [-0.4, -0.2) is 38.8 Å². The first-order valence-electron chi connectivity index (χ1n) is 10.2. The number of hydrogen-bond acceptors (Lipinski definition) is 3. The molecule has 2 saturated carbocycles. The van der Waals surface area contributed by atoms with Crippen LogP contribution in [-0.2, 0) is 14.4 Å². The summed E-state index contributed by atoms with van der Waals surface area (Å²) in [5.74, 6) is 0.0490. The van der Waals surface area contributed by atoms with Gasteiger partial charge in [-0.15, -0.1) is 0 Å². The van der Waals surface area contributed by atoms with Gasteiger partial charge in [0.1, 0.15) is 0 Å². The second kappa shape index (κ2) is 9.08. The van der Waals surface area contributed by atoms with E-state index in [9.17, 15) is 14.4 Å². The number of hydrogen-bond donors (Lipinski definition) is 1. The Bertz CT molecular complexity index is 852. The van der Waals surface area contributed by atoms with Crippen LogP contribution in [0.15, 0.2) is 18.2 Å². The molecule has 2 aliphatic carbocycles. The third-order valence-corrected chi connectivity index (χ3v) is 10.3. The number of rotatable bonds is 7. The Hall–Kier alpha value is -0.630. The molecule has 6 atom stereocenters. The summed E-state index contributed by atoms with van der Waals surface area (Å²) in [5, 5.41) is 3.69. The molecule has 0 spiro atoms. The standard InChI is InChI=1S/C21H22Br2Cl2N2O3/c22-18-11-9-12(19(18)23)17-16(11)20(29)27(21(17)30)7-3-1-2-4-15(28)26-14-6-5-10(24)8-13(14)25/h5-6,8,11-12,16-19H,1-4,7,9H2,(H,26,28)/t11-,12+,16+,17-,18-,19-/m1/s1. The van der Waals surface area contributed by atoms with Gasteiger partial charge >= 0.3 is 0 Å². The van der Waals surface area contributed by atoms with E-state index in [4.69, 9.17) is 23.2 Å². The highest BCUT2D eigenvalue weighted by molar-refractivity contribution is 9.12. The van der Waals surface area contributed by atoms with Crippen molar-refractivity contribution in [2.24, 2.45) is 23.7 Å². The summed E-state index contributed by atoms with van der Waals surface area (Å²) in [7, 11) is 0. The van der Waals surface area contributed by atoms with Gasteiger partial charge < -0.3 is 5.32 Å². The number of halogens is 4. The first-order valence-corrected chi connectivity index (χ1v) is 12.8. The molecule has 1 saturated heterocycles. The number of nitrogens with one attached hydrogen (secondary N) is 1. The molecule has 3 aliphatic rings. The monoisotopic (exact) mass is 578 g/mol. The summed E-state index contributed by atoms with van der Waals surface area (Å²) in [6.45, 7) is 0.439. The maximum Gasteiger partial charge on any atom is 0.233 e. The van der Waals surface area contributed by atoms with Crippen molar-refractivity contribution in [1.82, 2.24) is 4.90 Å². The molecule has 1 aromatic carbocycles. The van der Waals surface area contributed by atoms with E-state index in [1.54, 1.807) is 18.2 Å². The molecule has 1 aromatic rings. The van der Waals surface area contributed by atoms with Crippen molar-refractivity contribution in [3.8, 4) is 0 Å². The fraction of sp³-hybridized carbons (Fsp3) is 0.571. The Kier molecular flexibility index (Phi) is 6.83. The van der Waals surface area contributed by atoms with E-state index in [0.717, 1.165) is 12.8 Å². The molecule has 4 rings (SSSR count). The van der Waals surface area contributed by atoms with Gasteiger partial charge in [-0.3, -0.25) is 19.3 Å². The van der Waals surface area contributed by atoms with Crippen LogP contribution in [0.5, 0.6) is 0 Å². The summed E-state index contributed by atoms with van der Waals surface area (Å²) < 4.78 is 0. The second-order valence-electron chi connectivity index (χ2n) is 8.31. The van der Waals surface area contributed by atoms with Gasteiger partial charge in [0.2, 0.25) is 17.7 Å². The summed E-state index contributed by atoms with van der Waals surface area (Å²) in [6.07, 6.45) is 3.45. The Balaban J connectivity index is 1.21. The number of benzene rings is 1. The SMILES string of the molecule is O=C(CCCCCN1C(=O)[C@@H]2[C@@H]3C[C@@H]([C@@H](Br)[C@@H]3Br)[C@@H]2C1=O)Nc1ccc(Cl)cc1Cl. The molecule has 1 heterocycles. The second-order valence-corrected chi connectivity index (χ2v) is 11.3. The van der Waals surface area contributed by atoms with Gasteiger partial charge in [0.05, 0.1) is 22.5 Å². The van der Waals surface area contributed by atoms with Crippen LogP contribution >= 0.6 is 55.1 Å². The molecule has 9 heteroatoms. The van der Waals surface area contributed by atoms with Crippen LogP contribution in [0.2, 0.25) is 10.0 Å². The average Bonchev–Trinajstić information content (AvgIpc) is 3.30. The number of carbonyl (C=O) groups excluding carboxylic acids is 3. The first kappa shape index (κ1) is 22.6. The van der Waals surface area contributed by atoms with E-state index in [-0.39, 0.29) is 51.0 Å². The van der Waals surface area contributed by atoms with E-state index >= 15 is 0 Å². The molecule has 1 aliphatic heterocycles. The maximum atomic E-state index is 12.9. The van der Waals surface area contributed by atoms with Crippen molar-refractivity contribution < 1.29 is 14.4 Å². The predicted octanol–water partition coefficient (Wildman–Crippen LogP) is 5.27. The number of anilines is 1. The van der Waals surface area contributed by atoms with Crippen LogP contribution in [0.25, 0.3) is 0 Å². The zero-order chi connectivity index (χ0) is 21.6. The number of likely N-dealkylation sites (tertiary alicyclic amines) is 1. The lowest BCUT2D eigenvalue weighted by atomic mass is 9.81. The van der Waals surface area contributed by atoms with Gasteiger partial charge in [0.25, 0.3) is 0 Å². The van der Waals surface area contributed by atoms with Crippen molar-refractivity contribution in [3.63, 3.8) is 0 Å². The summed E-state index contributed by atoms with van der Waals surface area (Å²) in [4.78, 5) is 39.8. The van der Waals surface area contributed by atoms with Crippen molar-refractivity contribution in [2.45, 2.75) is 41.8 Å². The Morgan fingerprint density at radius 3 is 2.27 bits per heavy atom. The highest BCUT2D eigenvalue weighted by Crippen LogP contribution is 2.60. The minimum Gasteiger partial charge on any atom is -0.325 e. The highest BCUT2D eigenvalue weighted by Gasteiger charge is 2.66. The lowest BCUT2D eigenvalue weighted by Crippen LogP contribution is -2.37. The lowest BCUT2D eigenvalue weighted by Gasteiger charge is -2.28. The zero-order valence-electron chi connectivity index (χ0n) is 16.1. The number of unbranched alkanes of at least 4 members (excludes halogenated alkanes) is 2. The number of amides is 3. The Morgan fingerprint density at radius 1 is 1.03 bits per heavy atom. The van der Waals surface area contributed by atoms with E-state index in [0.29, 0.717) is 41.5 Å². The molecular weight excluding hydrogens is 559 g/mol. The van der Waals surface area contributed by atoms with Crippen molar-refractivity contribution in [3.05, 3.63) is 28.2 Å². The molecule has 3 fully saturated rings. The van der Waals surface area contributed by atoms with Gasteiger partial charge in [-0.2, -0.15) is 0 Å². The van der Waals surface area contributed by atoms with Crippen LogP contribution in [0.4, 0.5) is 5.69 Å². The molecule has 1 N–H and O–H groups in total. The highest BCUT2D eigenvalue weighted by atomic mass is 79.9. The number of carbonyl (C=O) groups is 3. The molecule has 0 aromatic heterocycles. The van der Waals surface area contributed by atoms with Gasteiger partial charge in [-0.25, -0.2) is 0 Å². The topological polar surface area (TPSA) is 66.5 Å². The molecule has 0 unspecified atom stereocenters. The minimum atomic E-state index is -0.157. The van der Waals surface area contributed by atoms with Crippen LogP contribution in [0, 0.1) is 23.7 Å². The average molecular weight is 581 g/mol. The van der Waals surface area contributed by atoms with E-state index in [1.807, 2.05) is 0 Å². The maximum absolute atomic E-state index is 12.9. The number of fused-ring (bicyclic) bond motifs is 5. The fourth-order valence-electron chi connectivity index (χ4n) is 5.17. The lowest BCUT2D eigenvalue weighted by molar-refractivity contribution is -0.140. The van der Waals surface area contributed by atoms with Gasteiger partial charge in [-0.1, -0.05) is 61.5 Å².